The van der Waals surface area contributed by atoms with E-state index in [1.807, 2.05) is 145 Å². The predicted octanol–water partition coefficient (Wildman–Crippen LogP) is 8.63. The second-order valence-electron chi connectivity index (χ2n) is 12.9. The van der Waals surface area contributed by atoms with E-state index in [1.165, 1.54) is 0 Å². The minimum absolute atomic E-state index is 0.250. The minimum atomic E-state index is -0.673. The highest BCUT2D eigenvalue weighted by atomic mass is 16.6. The summed E-state index contributed by atoms with van der Waals surface area (Å²) < 4.78 is 36.2. The number of aryl methyl sites for hydroxylation is 1. The second kappa shape index (κ2) is 16.9. The lowest BCUT2D eigenvalue weighted by molar-refractivity contribution is -0.289. The summed E-state index contributed by atoms with van der Waals surface area (Å²) >= 11 is 0. The van der Waals surface area contributed by atoms with Gasteiger partial charge in [0.2, 0.25) is 0 Å². The number of aldehydes is 1. The molecule has 5 atom stereocenters. The van der Waals surface area contributed by atoms with Crippen molar-refractivity contribution in [1.29, 1.82) is 0 Å². The lowest BCUT2D eigenvalue weighted by Gasteiger charge is -2.46. The van der Waals surface area contributed by atoms with Crippen LogP contribution in [-0.4, -0.2) is 41.9 Å². The molecule has 2 heterocycles. The predicted molar refractivity (Wildman–Crippen MR) is 197 cm³/mol. The molecule has 1 fully saturated rings. The number of aromatic nitrogens is 1. The number of carbonyl (C=O) groups is 1. The molecule has 7 rings (SSSR count). The number of ether oxygens (including phenoxy) is 5. The van der Waals surface area contributed by atoms with Gasteiger partial charge in [-0.3, -0.25) is 4.79 Å². The Morgan fingerprint density at radius 3 is 1.61 bits per heavy atom. The second-order valence-corrected chi connectivity index (χ2v) is 12.9. The number of para-hydroxylation sites is 1. The van der Waals surface area contributed by atoms with Gasteiger partial charge in [-0.1, -0.05) is 140 Å². The molecule has 0 N–H and O–H groups in total. The third-order valence-corrected chi connectivity index (χ3v) is 9.35. The van der Waals surface area contributed by atoms with Crippen LogP contribution in [0.5, 0.6) is 0 Å². The summed E-state index contributed by atoms with van der Waals surface area (Å²) in [5.74, 6) is 0. The zero-order valence-corrected chi connectivity index (χ0v) is 28.8. The van der Waals surface area contributed by atoms with Crippen LogP contribution in [0.25, 0.3) is 10.9 Å². The molecule has 1 aliphatic rings. The molecule has 0 aliphatic carbocycles. The number of rotatable bonds is 15. The van der Waals surface area contributed by atoms with Crippen LogP contribution in [-0.2, 0) is 50.1 Å². The minimum Gasteiger partial charge on any atom is -0.374 e. The molecule has 1 aliphatic heterocycles. The fourth-order valence-corrected chi connectivity index (χ4v) is 6.80. The molecule has 0 unspecified atom stereocenters. The maximum atomic E-state index is 12.4. The van der Waals surface area contributed by atoms with Gasteiger partial charge in [-0.2, -0.15) is 0 Å². The van der Waals surface area contributed by atoms with Crippen LogP contribution in [0.2, 0.25) is 0 Å². The van der Waals surface area contributed by atoms with Crippen LogP contribution in [0.3, 0.4) is 0 Å². The summed E-state index contributed by atoms with van der Waals surface area (Å²) in [5, 5.41) is 0.858. The summed E-state index contributed by atoms with van der Waals surface area (Å²) in [5.41, 5.74) is 6.67. The summed E-state index contributed by atoms with van der Waals surface area (Å²) in [6.07, 6.45) is -0.214. The van der Waals surface area contributed by atoms with E-state index in [1.54, 1.807) is 0 Å². The first-order chi connectivity index (χ1) is 25.2. The molecule has 7 nitrogen and oxygen atoms in total. The summed E-state index contributed by atoms with van der Waals surface area (Å²) in [6.45, 7) is 3.74. The van der Waals surface area contributed by atoms with Crippen molar-refractivity contribution in [2.45, 2.75) is 64.0 Å². The molecule has 51 heavy (non-hydrogen) atoms. The highest BCUT2D eigenvalue weighted by Crippen LogP contribution is 2.39. The zero-order valence-electron chi connectivity index (χ0n) is 28.8. The van der Waals surface area contributed by atoms with Gasteiger partial charge < -0.3 is 28.3 Å². The van der Waals surface area contributed by atoms with Crippen LogP contribution >= 0.6 is 0 Å². The quantitative estimate of drug-likeness (QED) is 0.101. The van der Waals surface area contributed by atoms with Crippen molar-refractivity contribution in [3.8, 4) is 0 Å². The summed E-state index contributed by atoms with van der Waals surface area (Å²) in [4.78, 5) is 12.4. The van der Waals surface area contributed by atoms with E-state index in [0.29, 0.717) is 32.0 Å². The van der Waals surface area contributed by atoms with Crippen molar-refractivity contribution in [1.82, 2.24) is 4.57 Å². The molecule has 1 aromatic heterocycles. The van der Waals surface area contributed by atoms with E-state index in [-0.39, 0.29) is 6.61 Å². The largest absolute Gasteiger partial charge is 0.374 e. The Balaban J connectivity index is 1.30. The zero-order chi connectivity index (χ0) is 34.8. The SMILES string of the molecule is Cc1cccc2c(C=O)cn([C@@H]3O[C@H](COCc4ccccc4)[C@@H](OCc4ccccc4)[C@H](OCc4ccccc4)[C@H]3OCc3ccccc3)c12. The maximum absolute atomic E-state index is 12.4. The van der Waals surface area contributed by atoms with Crippen molar-refractivity contribution in [2.24, 2.45) is 0 Å². The Morgan fingerprint density at radius 2 is 1.08 bits per heavy atom. The van der Waals surface area contributed by atoms with Crippen LogP contribution < -0.4 is 0 Å². The molecule has 0 bridgehead atoms. The van der Waals surface area contributed by atoms with Crippen LogP contribution in [0.15, 0.2) is 146 Å². The van der Waals surface area contributed by atoms with Crippen molar-refractivity contribution >= 4 is 17.2 Å². The Morgan fingerprint density at radius 1 is 0.588 bits per heavy atom. The third-order valence-electron chi connectivity index (χ3n) is 9.35. The Hall–Kier alpha value is -4.89. The number of benzene rings is 5. The van der Waals surface area contributed by atoms with Crippen molar-refractivity contribution in [3.05, 3.63) is 179 Å². The Kier molecular flexibility index (Phi) is 11.4. The molecular formula is C44H43NO6. The average Bonchev–Trinajstić information content (AvgIpc) is 3.57. The topological polar surface area (TPSA) is 68.2 Å². The first-order valence-corrected chi connectivity index (χ1v) is 17.5. The highest BCUT2D eigenvalue weighted by molar-refractivity contribution is 5.99. The van der Waals surface area contributed by atoms with Gasteiger partial charge in [-0.25, -0.2) is 0 Å². The monoisotopic (exact) mass is 681 g/mol. The molecule has 0 saturated carbocycles. The number of carbonyl (C=O) groups excluding carboxylic acids is 1. The molecule has 6 aromatic rings. The molecule has 5 aromatic carbocycles. The first-order valence-electron chi connectivity index (χ1n) is 17.5. The summed E-state index contributed by atoms with van der Waals surface area (Å²) in [7, 11) is 0. The van der Waals surface area contributed by atoms with Crippen LogP contribution in [0.1, 0.15) is 44.4 Å². The van der Waals surface area contributed by atoms with E-state index in [2.05, 4.69) is 12.1 Å². The van der Waals surface area contributed by atoms with Gasteiger partial charge in [0.15, 0.2) is 12.5 Å². The van der Waals surface area contributed by atoms with E-state index in [0.717, 1.165) is 45.0 Å². The molecular weight excluding hydrogens is 638 g/mol. The van der Waals surface area contributed by atoms with Gasteiger partial charge in [0.25, 0.3) is 0 Å². The van der Waals surface area contributed by atoms with Crippen molar-refractivity contribution in [3.63, 3.8) is 0 Å². The number of nitrogens with zero attached hydrogens (tertiary/aromatic N) is 1. The van der Waals surface area contributed by atoms with Crippen LogP contribution in [0.4, 0.5) is 0 Å². The maximum Gasteiger partial charge on any atom is 0.163 e. The Labute approximate surface area is 299 Å². The smallest absolute Gasteiger partial charge is 0.163 e. The molecule has 260 valence electrons. The average molecular weight is 682 g/mol. The van der Waals surface area contributed by atoms with Gasteiger partial charge in [0.05, 0.1) is 38.6 Å². The van der Waals surface area contributed by atoms with Gasteiger partial charge in [-0.15, -0.1) is 0 Å². The van der Waals surface area contributed by atoms with E-state index in [4.69, 9.17) is 23.7 Å². The molecule has 0 spiro atoms. The van der Waals surface area contributed by atoms with Gasteiger partial charge >= 0.3 is 0 Å². The van der Waals surface area contributed by atoms with Crippen LogP contribution in [0, 0.1) is 6.92 Å². The molecule has 7 heteroatoms. The van der Waals surface area contributed by atoms with E-state index >= 15 is 0 Å². The van der Waals surface area contributed by atoms with Gasteiger partial charge in [-0.05, 0) is 34.7 Å². The van der Waals surface area contributed by atoms with E-state index < -0.39 is 30.6 Å². The fourth-order valence-electron chi connectivity index (χ4n) is 6.80. The standard InChI is InChI=1S/C44H43NO6/c1-32-15-14-24-38-37(26-46)25-45(40(32)38)44-43(50-30-36-22-12-5-13-23-36)42(49-29-35-20-10-4-11-21-35)41(48-28-34-18-8-3-9-19-34)39(51-44)31-47-27-33-16-6-2-7-17-33/h2-26,39,41-44H,27-31H2,1H3/t39-,41-,42+,43-,44-/m1/s1. The molecule has 0 radical (unpaired) electrons. The first kappa shape index (κ1) is 34.6. The third kappa shape index (κ3) is 8.37. The molecule has 0 amide bonds. The normalized spacial score (nSPS) is 20.4. The number of fused-ring (bicyclic) bond motifs is 1. The van der Waals surface area contributed by atoms with Gasteiger partial charge in [0, 0.05) is 17.1 Å². The lowest BCUT2D eigenvalue weighted by atomic mass is 9.96. The number of hydrogen-bond donors (Lipinski definition) is 0. The Bertz CT molecular complexity index is 1970. The lowest BCUT2D eigenvalue weighted by Crippen LogP contribution is -2.59. The van der Waals surface area contributed by atoms with E-state index in [9.17, 15) is 4.79 Å². The summed E-state index contributed by atoms with van der Waals surface area (Å²) in [6, 6.07) is 46.4. The highest BCUT2D eigenvalue weighted by Gasteiger charge is 2.49. The van der Waals surface area contributed by atoms with Crippen molar-refractivity contribution < 1.29 is 28.5 Å². The number of hydrogen-bond acceptors (Lipinski definition) is 6. The van der Waals surface area contributed by atoms with Gasteiger partial charge in [0.1, 0.15) is 24.4 Å². The fraction of sp³-hybridized carbons (Fsp3) is 0.250. The molecule has 1 saturated heterocycles. The van der Waals surface area contributed by atoms with Crippen molar-refractivity contribution in [2.75, 3.05) is 6.61 Å².